The molecule has 0 atom stereocenters. The van der Waals surface area contributed by atoms with Crippen molar-refractivity contribution in [2.45, 2.75) is 13.8 Å². The van der Waals surface area contributed by atoms with Crippen molar-refractivity contribution >= 4 is 23.1 Å². The molecule has 0 amide bonds. The molecule has 1 heterocycles. The minimum Gasteiger partial charge on any atom is -0.335 e. The van der Waals surface area contributed by atoms with E-state index in [9.17, 15) is 13.2 Å². The van der Waals surface area contributed by atoms with Crippen molar-refractivity contribution in [3.05, 3.63) is 46.1 Å². The number of nitrogens with one attached hydrogen (secondary N) is 1. The highest BCUT2D eigenvalue weighted by Crippen LogP contribution is 2.26. The Labute approximate surface area is 112 Å². The highest BCUT2D eigenvalue weighted by atomic mass is 35.5. The summed E-state index contributed by atoms with van der Waals surface area (Å²) in [5.74, 6) is -3.30. The number of anilines is 2. The second-order valence-corrected chi connectivity index (χ2v) is 4.26. The standard InChI is InChI=1S/C12H9ClF3N3/c1-5-6(2)18-12(11(13)17-5)19-10-4-8(15)7(14)3-9(10)16/h3-4H,1-2H3,(H,18,19). The number of nitrogens with zero attached hydrogens (tertiary/aromatic N) is 2. The first-order valence-electron chi connectivity index (χ1n) is 5.31. The fraction of sp³-hybridized carbons (Fsp3) is 0.167. The number of hydrogen-bond acceptors (Lipinski definition) is 3. The molecule has 0 aliphatic carbocycles. The molecule has 0 aliphatic heterocycles. The molecule has 19 heavy (non-hydrogen) atoms. The summed E-state index contributed by atoms with van der Waals surface area (Å²) in [7, 11) is 0. The van der Waals surface area contributed by atoms with Gasteiger partial charge in [0.25, 0.3) is 0 Å². The zero-order chi connectivity index (χ0) is 14.2. The largest absolute Gasteiger partial charge is 0.335 e. The van der Waals surface area contributed by atoms with Crippen molar-refractivity contribution in [2.75, 3.05) is 5.32 Å². The molecule has 0 radical (unpaired) electrons. The van der Waals surface area contributed by atoms with Crippen LogP contribution in [0.3, 0.4) is 0 Å². The van der Waals surface area contributed by atoms with E-state index in [0.29, 0.717) is 23.5 Å². The topological polar surface area (TPSA) is 37.8 Å². The second kappa shape index (κ2) is 5.05. The molecular weight excluding hydrogens is 279 g/mol. The van der Waals surface area contributed by atoms with E-state index in [1.165, 1.54) is 0 Å². The number of aryl methyl sites for hydroxylation is 2. The molecule has 0 aliphatic rings. The van der Waals surface area contributed by atoms with Crippen molar-refractivity contribution in [3.63, 3.8) is 0 Å². The lowest BCUT2D eigenvalue weighted by molar-refractivity contribution is 0.496. The van der Waals surface area contributed by atoms with Crippen LogP contribution in [0.15, 0.2) is 12.1 Å². The molecule has 0 saturated carbocycles. The van der Waals surface area contributed by atoms with Gasteiger partial charge in [-0.05, 0) is 13.8 Å². The number of benzene rings is 1. The Morgan fingerprint density at radius 1 is 0.947 bits per heavy atom. The zero-order valence-corrected chi connectivity index (χ0v) is 10.8. The summed E-state index contributed by atoms with van der Waals surface area (Å²) < 4.78 is 39.3. The highest BCUT2D eigenvalue weighted by Gasteiger charge is 2.13. The number of aromatic nitrogens is 2. The maximum Gasteiger partial charge on any atom is 0.172 e. The van der Waals surface area contributed by atoms with Gasteiger partial charge < -0.3 is 5.32 Å². The molecule has 2 rings (SSSR count). The van der Waals surface area contributed by atoms with Crippen molar-refractivity contribution in [3.8, 4) is 0 Å². The van der Waals surface area contributed by atoms with Gasteiger partial charge in [0.1, 0.15) is 5.82 Å². The van der Waals surface area contributed by atoms with Gasteiger partial charge in [0.15, 0.2) is 22.6 Å². The molecular formula is C12H9ClF3N3. The van der Waals surface area contributed by atoms with Crippen LogP contribution in [-0.2, 0) is 0 Å². The SMILES string of the molecule is Cc1nc(Cl)c(Nc2cc(F)c(F)cc2F)nc1C. The van der Waals surface area contributed by atoms with E-state index >= 15 is 0 Å². The zero-order valence-electron chi connectivity index (χ0n) is 10.1. The quantitative estimate of drug-likeness (QED) is 0.851. The average Bonchev–Trinajstić information content (AvgIpc) is 2.32. The average molecular weight is 288 g/mol. The fourth-order valence-electron chi connectivity index (χ4n) is 1.40. The smallest absolute Gasteiger partial charge is 0.172 e. The molecule has 100 valence electrons. The Morgan fingerprint density at radius 2 is 1.53 bits per heavy atom. The number of hydrogen-bond donors (Lipinski definition) is 1. The minimum absolute atomic E-state index is 0.0206. The van der Waals surface area contributed by atoms with Crippen LogP contribution in [-0.4, -0.2) is 9.97 Å². The molecule has 1 N–H and O–H groups in total. The first-order chi connectivity index (χ1) is 8.88. The molecule has 0 fully saturated rings. The maximum atomic E-state index is 13.5. The summed E-state index contributed by atoms with van der Waals surface area (Å²) in [6, 6.07) is 1.14. The third-order valence-corrected chi connectivity index (χ3v) is 2.79. The van der Waals surface area contributed by atoms with Gasteiger partial charge in [-0.15, -0.1) is 0 Å². The summed E-state index contributed by atoms with van der Waals surface area (Å²) in [6.07, 6.45) is 0. The number of rotatable bonds is 2. The van der Waals surface area contributed by atoms with Crippen LogP contribution in [0.2, 0.25) is 5.15 Å². The normalized spacial score (nSPS) is 10.6. The summed E-state index contributed by atoms with van der Waals surface area (Å²) >= 11 is 5.85. The van der Waals surface area contributed by atoms with E-state index in [1.807, 2.05) is 0 Å². The van der Waals surface area contributed by atoms with Crippen molar-refractivity contribution in [1.82, 2.24) is 9.97 Å². The van der Waals surface area contributed by atoms with Crippen molar-refractivity contribution in [2.24, 2.45) is 0 Å². The van der Waals surface area contributed by atoms with E-state index in [4.69, 9.17) is 11.6 Å². The lowest BCUT2D eigenvalue weighted by atomic mass is 10.3. The molecule has 0 spiro atoms. The summed E-state index contributed by atoms with van der Waals surface area (Å²) in [6.45, 7) is 3.42. The van der Waals surface area contributed by atoms with E-state index in [1.54, 1.807) is 13.8 Å². The Bertz CT molecular complexity index is 591. The maximum absolute atomic E-state index is 13.5. The van der Waals surface area contributed by atoms with E-state index in [0.717, 1.165) is 0 Å². The molecule has 1 aromatic heterocycles. The van der Waals surface area contributed by atoms with Crippen LogP contribution in [0.25, 0.3) is 0 Å². The van der Waals surface area contributed by atoms with Gasteiger partial charge in [0.2, 0.25) is 0 Å². The summed E-state index contributed by atoms with van der Waals surface area (Å²) in [4.78, 5) is 8.06. The van der Waals surface area contributed by atoms with Gasteiger partial charge in [0, 0.05) is 12.1 Å². The van der Waals surface area contributed by atoms with E-state index in [-0.39, 0.29) is 16.7 Å². The predicted octanol–water partition coefficient (Wildman–Crippen LogP) is 3.91. The van der Waals surface area contributed by atoms with Crippen LogP contribution in [0.4, 0.5) is 24.7 Å². The molecule has 3 nitrogen and oxygen atoms in total. The van der Waals surface area contributed by atoms with Crippen molar-refractivity contribution < 1.29 is 13.2 Å². The molecule has 0 unspecified atom stereocenters. The van der Waals surface area contributed by atoms with E-state index < -0.39 is 17.5 Å². The molecule has 2 aromatic rings. The van der Waals surface area contributed by atoms with Crippen LogP contribution in [0, 0.1) is 31.3 Å². The first-order valence-corrected chi connectivity index (χ1v) is 5.68. The summed E-state index contributed by atoms with van der Waals surface area (Å²) in [5.41, 5.74) is 0.953. The monoisotopic (exact) mass is 287 g/mol. The van der Waals surface area contributed by atoms with Crippen LogP contribution in [0.1, 0.15) is 11.4 Å². The first kappa shape index (κ1) is 13.6. The third-order valence-electron chi connectivity index (χ3n) is 2.53. The van der Waals surface area contributed by atoms with Crippen LogP contribution >= 0.6 is 11.6 Å². The van der Waals surface area contributed by atoms with Gasteiger partial charge in [-0.2, -0.15) is 0 Å². The van der Waals surface area contributed by atoms with Gasteiger partial charge in [-0.1, -0.05) is 11.6 Å². The predicted molar refractivity (Wildman–Crippen MR) is 66.1 cm³/mol. The molecule has 0 saturated heterocycles. The summed E-state index contributed by atoms with van der Waals surface area (Å²) in [5, 5.41) is 2.51. The van der Waals surface area contributed by atoms with E-state index in [2.05, 4.69) is 15.3 Å². The second-order valence-electron chi connectivity index (χ2n) is 3.91. The Hall–Kier alpha value is -1.82. The fourth-order valence-corrected chi connectivity index (χ4v) is 1.62. The Morgan fingerprint density at radius 3 is 2.21 bits per heavy atom. The van der Waals surface area contributed by atoms with Crippen LogP contribution in [0.5, 0.6) is 0 Å². The molecule has 1 aromatic carbocycles. The lowest BCUT2D eigenvalue weighted by Gasteiger charge is -2.10. The van der Waals surface area contributed by atoms with Gasteiger partial charge in [0.05, 0.1) is 17.1 Å². The van der Waals surface area contributed by atoms with Gasteiger partial charge >= 0.3 is 0 Å². The Kier molecular flexibility index (Phi) is 3.61. The highest BCUT2D eigenvalue weighted by molar-refractivity contribution is 6.31. The Balaban J connectivity index is 2.42. The minimum atomic E-state index is -1.26. The molecule has 0 bridgehead atoms. The van der Waals surface area contributed by atoms with Gasteiger partial charge in [-0.25, -0.2) is 23.1 Å². The van der Waals surface area contributed by atoms with Crippen molar-refractivity contribution in [1.29, 1.82) is 0 Å². The molecule has 7 heteroatoms. The number of halogens is 4. The lowest BCUT2D eigenvalue weighted by Crippen LogP contribution is -2.03. The third kappa shape index (κ3) is 2.78. The van der Waals surface area contributed by atoms with Gasteiger partial charge in [-0.3, -0.25) is 0 Å². The van der Waals surface area contributed by atoms with Crippen LogP contribution < -0.4 is 5.32 Å².